The van der Waals surface area contributed by atoms with Gasteiger partial charge in [-0.05, 0) is 31.5 Å². The lowest BCUT2D eigenvalue weighted by atomic mass is 10.1. The Bertz CT molecular complexity index is 506. The Morgan fingerprint density at radius 2 is 1.94 bits per heavy atom. The number of aryl methyl sites for hydroxylation is 1. The molecule has 4 nitrogen and oxygen atoms in total. The fourth-order valence-electron chi connectivity index (χ4n) is 1.64. The van der Waals surface area contributed by atoms with Crippen LogP contribution >= 0.6 is 12.6 Å². The van der Waals surface area contributed by atoms with Gasteiger partial charge in [-0.25, -0.2) is 4.79 Å². The fraction of sp³-hybridized carbons (Fsp3) is 0.308. The van der Waals surface area contributed by atoms with Gasteiger partial charge in [-0.2, -0.15) is 0 Å². The highest BCUT2D eigenvalue weighted by Crippen LogP contribution is 2.32. The Morgan fingerprint density at radius 1 is 1.33 bits per heavy atom. The maximum absolute atomic E-state index is 11.0. The van der Waals surface area contributed by atoms with Crippen LogP contribution in [0, 0.1) is 6.92 Å². The molecule has 0 radical (unpaired) electrons. The van der Waals surface area contributed by atoms with E-state index in [1.165, 1.54) is 14.0 Å². The molecule has 0 bridgehead atoms. The maximum atomic E-state index is 11.0. The molecule has 18 heavy (non-hydrogen) atoms. The molecule has 0 heterocycles. The number of rotatable bonds is 4. The third kappa shape index (κ3) is 2.79. The fourth-order valence-corrected chi connectivity index (χ4v) is 2.00. The number of hydrogen-bond donors (Lipinski definition) is 2. The molecular formula is C13H16O4S. The van der Waals surface area contributed by atoms with Crippen LogP contribution < -0.4 is 4.74 Å². The number of carboxylic acids is 1. The average Bonchev–Trinajstić information content (AvgIpc) is 2.32. The van der Waals surface area contributed by atoms with Gasteiger partial charge < -0.3 is 14.6 Å². The van der Waals surface area contributed by atoms with Crippen LogP contribution in [0.3, 0.4) is 0 Å². The number of aliphatic carboxylic acids is 1. The highest BCUT2D eigenvalue weighted by molar-refractivity contribution is 7.80. The molecule has 0 saturated carbocycles. The third-order valence-corrected chi connectivity index (χ3v) is 2.99. The van der Waals surface area contributed by atoms with Crippen LogP contribution in [0.4, 0.5) is 0 Å². The minimum absolute atomic E-state index is 0.124. The van der Waals surface area contributed by atoms with Crippen molar-refractivity contribution in [2.24, 2.45) is 0 Å². The third-order valence-electron chi connectivity index (χ3n) is 2.62. The van der Waals surface area contributed by atoms with Crippen LogP contribution in [0.2, 0.25) is 0 Å². The van der Waals surface area contributed by atoms with E-state index in [0.717, 1.165) is 5.56 Å². The van der Waals surface area contributed by atoms with E-state index in [-0.39, 0.29) is 11.3 Å². The van der Waals surface area contributed by atoms with E-state index < -0.39 is 5.97 Å². The monoisotopic (exact) mass is 268 g/mol. The predicted octanol–water partition coefficient (Wildman–Crippen LogP) is 2.75. The lowest BCUT2D eigenvalue weighted by Crippen LogP contribution is -2.03. The van der Waals surface area contributed by atoms with Gasteiger partial charge in [0.05, 0.1) is 19.8 Å². The van der Waals surface area contributed by atoms with Crippen molar-refractivity contribution in [3.05, 3.63) is 28.8 Å². The van der Waals surface area contributed by atoms with E-state index in [9.17, 15) is 4.79 Å². The molecule has 0 atom stereocenters. The van der Waals surface area contributed by atoms with Gasteiger partial charge in [-0.15, -0.1) is 12.6 Å². The smallest absolute Gasteiger partial charge is 0.335 e. The quantitative estimate of drug-likeness (QED) is 0.501. The first-order chi connectivity index (χ1) is 8.42. The zero-order valence-electron chi connectivity index (χ0n) is 10.8. The van der Waals surface area contributed by atoms with Gasteiger partial charge in [-0.1, -0.05) is 0 Å². The molecule has 1 aromatic rings. The van der Waals surface area contributed by atoms with Gasteiger partial charge in [0.15, 0.2) is 0 Å². The number of thiol groups is 1. The van der Waals surface area contributed by atoms with Crippen LogP contribution in [0.15, 0.2) is 22.6 Å². The van der Waals surface area contributed by atoms with Gasteiger partial charge in [0.1, 0.15) is 11.5 Å². The predicted molar refractivity (Wildman–Crippen MR) is 72.2 cm³/mol. The Labute approximate surface area is 112 Å². The van der Waals surface area contributed by atoms with Crippen molar-refractivity contribution in [1.82, 2.24) is 0 Å². The van der Waals surface area contributed by atoms with E-state index in [0.29, 0.717) is 16.2 Å². The normalized spacial score (nSPS) is 11.8. The van der Waals surface area contributed by atoms with Crippen LogP contribution in [0.25, 0.3) is 5.76 Å². The molecule has 1 N–H and O–H groups in total. The molecule has 5 heteroatoms. The molecule has 0 spiro atoms. The Morgan fingerprint density at radius 3 is 2.39 bits per heavy atom. The maximum Gasteiger partial charge on any atom is 0.335 e. The van der Waals surface area contributed by atoms with Gasteiger partial charge >= 0.3 is 5.97 Å². The number of methoxy groups -OCH3 is 2. The lowest BCUT2D eigenvalue weighted by Gasteiger charge is -2.14. The highest BCUT2D eigenvalue weighted by Gasteiger charge is 2.16. The molecule has 0 fully saturated rings. The van der Waals surface area contributed by atoms with Gasteiger partial charge in [-0.3, -0.25) is 0 Å². The second-order valence-corrected chi connectivity index (χ2v) is 4.28. The molecule has 1 aromatic carbocycles. The summed E-state index contributed by atoms with van der Waals surface area (Å²) in [5.41, 5.74) is 1.65. The zero-order valence-corrected chi connectivity index (χ0v) is 11.7. The number of ether oxygens (including phenoxy) is 2. The first-order valence-electron chi connectivity index (χ1n) is 5.28. The summed E-state index contributed by atoms with van der Waals surface area (Å²) in [6.07, 6.45) is 0. The SMILES string of the molecule is CO/C(=C(/C)C(=O)O)c1cc(OC)c(C)cc1S. The molecule has 0 aliphatic rings. The van der Waals surface area contributed by atoms with Crippen LogP contribution in [0.5, 0.6) is 5.75 Å². The molecular weight excluding hydrogens is 252 g/mol. The van der Waals surface area contributed by atoms with Crippen LogP contribution in [-0.2, 0) is 9.53 Å². The molecule has 0 aromatic heterocycles. The van der Waals surface area contributed by atoms with Gasteiger partial charge in [0.25, 0.3) is 0 Å². The topological polar surface area (TPSA) is 55.8 Å². The van der Waals surface area contributed by atoms with Crippen molar-refractivity contribution < 1.29 is 19.4 Å². The van der Waals surface area contributed by atoms with Crippen molar-refractivity contribution in [1.29, 1.82) is 0 Å². The molecule has 1 rings (SSSR count). The number of hydrogen-bond acceptors (Lipinski definition) is 4. The summed E-state index contributed by atoms with van der Waals surface area (Å²) in [7, 11) is 2.99. The van der Waals surface area contributed by atoms with Crippen molar-refractivity contribution >= 4 is 24.4 Å². The van der Waals surface area contributed by atoms with Crippen LogP contribution in [0.1, 0.15) is 18.1 Å². The van der Waals surface area contributed by atoms with E-state index in [1.807, 2.05) is 13.0 Å². The zero-order chi connectivity index (χ0) is 13.9. The molecule has 0 unspecified atom stereocenters. The van der Waals surface area contributed by atoms with Gasteiger partial charge in [0.2, 0.25) is 0 Å². The molecule has 0 aliphatic heterocycles. The molecule has 0 saturated heterocycles. The average molecular weight is 268 g/mol. The lowest BCUT2D eigenvalue weighted by molar-refractivity contribution is -0.132. The Kier molecular flexibility index (Phi) is 4.67. The molecule has 0 amide bonds. The Hall–Kier alpha value is -1.62. The number of carboxylic acid groups (broad SMARTS) is 1. The van der Waals surface area contributed by atoms with E-state index >= 15 is 0 Å². The first-order valence-corrected chi connectivity index (χ1v) is 5.73. The van der Waals surface area contributed by atoms with Crippen molar-refractivity contribution in [2.45, 2.75) is 18.7 Å². The summed E-state index contributed by atoms with van der Waals surface area (Å²) in [5, 5.41) is 9.02. The number of benzene rings is 1. The van der Waals surface area contributed by atoms with E-state index in [4.69, 9.17) is 14.6 Å². The highest BCUT2D eigenvalue weighted by atomic mass is 32.1. The molecule has 0 aliphatic carbocycles. The summed E-state index contributed by atoms with van der Waals surface area (Å²) in [6, 6.07) is 3.54. The minimum atomic E-state index is -1.03. The van der Waals surface area contributed by atoms with Crippen LogP contribution in [-0.4, -0.2) is 25.3 Å². The van der Waals surface area contributed by atoms with E-state index in [1.54, 1.807) is 13.2 Å². The van der Waals surface area contributed by atoms with Crippen molar-refractivity contribution in [3.63, 3.8) is 0 Å². The minimum Gasteiger partial charge on any atom is -0.496 e. The summed E-state index contributed by atoms with van der Waals surface area (Å²) in [5.74, 6) is -0.0829. The second-order valence-electron chi connectivity index (χ2n) is 3.80. The summed E-state index contributed by atoms with van der Waals surface area (Å²) in [4.78, 5) is 11.7. The first kappa shape index (κ1) is 14.4. The molecule has 98 valence electrons. The number of carbonyl (C=O) groups is 1. The standard InChI is InChI=1S/C13H16O4S/c1-7-5-11(18)9(6-10(7)16-3)12(17-4)8(2)13(14)15/h5-6,18H,1-4H3,(H,14,15)/b12-8-. The van der Waals surface area contributed by atoms with Crippen molar-refractivity contribution in [2.75, 3.05) is 14.2 Å². The summed E-state index contributed by atoms with van der Waals surface area (Å²) < 4.78 is 10.4. The van der Waals surface area contributed by atoms with E-state index in [2.05, 4.69) is 12.6 Å². The second kappa shape index (κ2) is 5.82. The summed E-state index contributed by atoms with van der Waals surface area (Å²) in [6.45, 7) is 3.38. The largest absolute Gasteiger partial charge is 0.496 e. The summed E-state index contributed by atoms with van der Waals surface area (Å²) >= 11 is 4.35. The Balaban J connectivity index is 3.48. The van der Waals surface area contributed by atoms with Gasteiger partial charge in [0, 0.05) is 10.5 Å². The van der Waals surface area contributed by atoms with Crippen molar-refractivity contribution in [3.8, 4) is 5.75 Å².